The van der Waals surface area contributed by atoms with Crippen molar-refractivity contribution in [1.82, 2.24) is 10.2 Å². The highest BCUT2D eigenvalue weighted by molar-refractivity contribution is 4.94. The van der Waals surface area contributed by atoms with Crippen molar-refractivity contribution in [3.63, 3.8) is 0 Å². The average Bonchev–Trinajstić information content (AvgIpc) is 2.68. The molecule has 0 spiro atoms. The predicted octanol–water partition coefficient (Wildman–Crippen LogP) is 2.11. The molecule has 0 aromatic heterocycles. The van der Waals surface area contributed by atoms with Gasteiger partial charge in [0, 0.05) is 13.1 Å². The van der Waals surface area contributed by atoms with Gasteiger partial charge in [-0.05, 0) is 37.8 Å². The Labute approximate surface area is 101 Å². The van der Waals surface area contributed by atoms with E-state index in [1.54, 1.807) is 0 Å². The van der Waals surface area contributed by atoms with E-state index in [4.69, 9.17) is 6.42 Å². The van der Waals surface area contributed by atoms with Crippen LogP contribution < -0.4 is 5.32 Å². The smallest absolute Gasteiger partial charge is 0.0599 e. The molecule has 1 unspecified atom stereocenters. The summed E-state index contributed by atoms with van der Waals surface area (Å²) in [5.41, 5.74) is 0.487. The number of rotatable bonds is 7. The van der Waals surface area contributed by atoms with Crippen molar-refractivity contribution in [2.75, 3.05) is 32.7 Å². The zero-order valence-electron chi connectivity index (χ0n) is 10.9. The maximum atomic E-state index is 5.44. The molecule has 0 aromatic rings. The van der Waals surface area contributed by atoms with Crippen LogP contribution in [-0.4, -0.2) is 37.6 Å². The lowest BCUT2D eigenvalue weighted by Crippen LogP contribution is -2.40. The van der Waals surface area contributed by atoms with Gasteiger partial charge in [0.1, 0.15) is 0 Å². The van der Waals surface area contributed by atoms with Crippen molar-refractivity contribution in [1.29, 1.82) is 0 Å². The first-order valence-electron chi connectivity index (χ1n) is 6.63. The molecule has 1 N–H and O–H groups in total. The van der Waals surface area contributed by atoms with Crippen molar-refractivity contribution in [3.05, 3.63) is 0 Å². The van der Waals surface area contributed by atoms with E-state index in [9.17, 15) is 0 Å². The molecule has 1 fully saturated rings. The van der Waals surface area contributed by atoms with E-state index in [1.165, 1.54) is 45.3 Å². The molecule has 2 nitrogen and oxygen atoms in total. The fourth-order valence-corrected chi connectivity index (χ4v) is 2.89. The lowest BCUT2D eigenvalue weighted by atomic mass is 9.82. The maximum Gasteiger partial charge on any atom is 0.0599 e. The van der Waals surface area contributed by atoms with E-state index in [0.717, 1.165) is 13.1 Å². The Bertz CT molecular complexity index is 223. The van der Waals surface area contributed by atoms with Crippen molar-refractivity contribution in [2.45, 2.75) is 39.5 Å². The molecule has 1 aliphatic rings. The first kappa shape index (κ1) is 13.5. The minimum atomic E-state index is 0.487. The molecular weight excluding hydrogens is 196 g/mol. The van der Waals surface area contributed by atoms with Gasteiger partial charge in [-0.25, -0.2) is 0 Å². The monoisotopic (exact) mass is 222 g/mol. The van der Waals surface area contributed by atoms with Crippen LogP contribution in [0.1, 0.15) is 39.5 Å². The van der Waals surface area contributed by atoms with E-state index in [1.807, 2.05) is 0 Å². The lowest BCUT2D eigenvalue weighted by molar-refractivity contribution is 0.166. The standard InChI is InChI=1S/C14H26N2/c1-4-7-14(8-9-15-12-14)13-16(10-5-2)11-6-3/h2,15H,4,6-13H2,1,3H3. The fourth-order valence-electron chi connectivity index (χ4n) is 2.89. The minimum Gasteiger partial charge on any atom is -0.316 e. The number of nitrogens with one attached hydrogen (secondary N) is 1. The summed E-state index contributed by atoms with van der Waals surface area (Å²) in [6, 6.07) is 0. The largest absolute Gasteiger partial charge is 0.316 e. The van der Waals surface area contributed by atoms with Gasteiger partial charge in [-0.15, -0.1) is 6.42 Å². The van der Waals surface area contributed by atoms with Crippen LogP contribution in [0.2, 0.25) is 0 Å². The molecule has 0 aromatic carbocycles. The van der Waals surface area contributed by atoms with Gasteiger partial charge in [0.2, 0.25) is 0 Å². The summed E-state index contributed by atoms with van der Waals surface area (Å²) in [4.78, 5) is 2.45. The van der Waals surface area contributed by atoms with Crippen LogP contribution in [0.3, 0.4) is 0 Å². The predicted molar refractivity (Wildman–Crippen MR) is 70.4 cm³/mol. The van der Waals surface area contributed by atoms with Gasteiger partial charge in [0.05, 0.1) is 6.54 Å². The molecule has 16 heavy (non-hydrogen) atoms. The zero-order chi connectivity index (χ0) is 11.9. The molecule has 0 radical (unpaired) electrons. The number of nitrogens with zero attached hydrogens (tertiary/aromatic N) is 1. The van der Waals surface area contributed by atoms with Gasteiger partial charge in [-0.2, -0.15) is 0 Å². The topological polar surface area (TPSA) is 15.3 Å². The maximum absolute atomic E-state index is 5.44. The quantitative estimate of drug-likeness (QED) is 0.664. The number of terminal acetylenes is 1. The molecule has 1 atom stereocenters. The lowest BCUT2D eigenvalue weighted by Gasteiger charge is -2.34. The molecule has 1 rings (SSSR count). The molecular formula is C14H26N2. The third-order valence-corrected chi connectivity index (χ3v) is 3.53. The molecule has 92 valence electrons. The van der Waals surface area contributed by atoms with Crippen LogP contribution in [0.4, 0.5) is 0 Å². The van der Waals surface area contributed by atoms with Crippen LogP contribution >= 0.6 is 0 Å². The van der Waals surface area contributed by atoms with Gasteiger partial charge in [0.25, 0.3) is 0 Å². The molecule has 1 heterocycles. The van der Waals surface area contributed by atoms with Crippen molar-refractivity contribution >= 4 is 0 Å². The average molecular weight is 222 g/mol. The molecule has 0 saturated carbocycles. The SMILES string of the molecule is C#CCN(CCC)CC1(CCC)CCNC1. The Hall–Kier alpha value is -0.520. The third kappa shape index (κ3) is 3.81. The van der Waals surface area contributed by atoms with Crippen LogP contribution in [-0.2, 0) is 0 Å². The Balaban J connectivity index is 2.54. The third-order valence-electron chi connectivity index (χ3n) is 3.53. The van der Waals surface area contributed by atoms with Gasteiger partial charge >= 0.3 is 0 Å². The number of hydrogen-bond donors (Lipinski definition) is 1. The van der Waals surface area contributed by atoms with E-state index < -0.39 is 0 Å². The first-order valence-corrected chi connectivity index (χ1v) is 6.63. The van der Waals surface area contributed by atoms with Gasteiger partial charge in [-0.1, -0.05) is 26.2 Å². The highest BCUT2D eigenvalue weighted by Gasteiger charge is 2.34. The Morgan fingerprint density at radius 1 is 1.38 bits per heavy atom. The highest BCUT2D eigenvalue weighted by Crippen LogP contribution is 2.32. The number of hydrogen-bond acceptors (Lipinski definition) is 2. The summed E-state index contributed by atoms with van der Waals surface area (Å²) in [6.45, 7) is 9.97. The summed E-state index contributed by atoms with van der Waals surface area (Å²) in [5.74, 6) is 2.79. The second-order valence-corrected chi connectivity index (χ2v) is 5.09. The summed E-state index contributed by atoms with van der Waals surface area (Å²) in [7, 11) is 0. The molecule has 1 aliphatic heterocycles. The Morgan fingerprint density at radius 2 is 2.19 bits per heavy atom. The Morgan fingerprint density at radius 3 is 2.69 bits per heavy atom. The van der Waals surface area contributed by atoms with E-state index in [2.05, 4.69) is 30.0 Å². The molecule has 1 saturated heterocycles. The van der Waals surface area contributed by atoms with E-state index in [0.29, 0.717) is 5.41 Å². The Kier molecular flexibility index (Phi) is 5.87. The summed E-state index contributed by atoms with van der Waals surface area (Å²) >= 11 is 0. The van der Waals surface area contributed by atoms with E-state index in [-0.39, 0.29) is 0 Å². The first-order chi connectivity index (χ1) is 7.76. The van der Waals surface area contributed by atoms with Crippen LogP contribution in [0.15, 0.2) is 0 Å². The van der Waals surface area contributed by atoms with Crippen LogP contribution in [0.5, 0.6) is 0 Å². The summed E-state index contributed by atoms with van der Waals surface area (Å²) in [6.07, 6.45) is 10.5. The molecule has 0 bridgehead atoms. The van der Waals surface area contributed by atoms with Gasteiger partial charge < -0.3 is 5.32 Å². The molecule has 2 heteroatoms. The van der Waals surface area contributed by atoms with Gasteiger partial charge in [-0.3, -0.25) is 4.90 Å². The highest BCUT2D eigenvalue weighted by atomic mass is 15.1. The second kappa shape index (κ2) is 6.93. The van der Waals surface area contributed by atoms with Crippen LogP contribution in [0, 0.1) is 17.8 Å². The second-order valence-electron chi connectivity index (χ2n) is 5.09. The zero-order valence-corrected chi connectivity index (χ0v) is 10.9. The van der Waals surface area contributed by atoms with Crippen molar-refractivity contribution in [3.8, 4) is 12.3 Å². The van der Waals surface area contributed by atoms with E-state index >= 15 is 0 Å². The van der Waals surface area contributed by atoms with Gasteiger partial charge in [0.15, 0.2) is 0 Å². The molecule has 0 aliphatic carbocycles. The normalized spacial score (nSPS) is 24.9. The van der Waals surface area contributed by atoms with Crippen LogP contribution in [0.25, 0.3) is 0 Å². The fraction of sp³-hybridized carbons (Fsp3) is 0.857. The van der Waals surface area contributed by atoms with Crippen molar-refractivity contribution < 1.29 is 0 Å². The summed E-state index contributed by atoms with van der Waals surface area (Å²) < 4.78 is 0. The summed E-state index contributed by atoms with van der Waals surface area (Å²) in [5, 5.41) is 3.51. The minimum absolute atomic E-state index is 0.487. The van der Waals surface area contributed by atoms with Crippen molar-refractivity contribution in [2.24, 2.45) is 5.41 Å². The molecule has 0 amide bonds.